The van der Waals surface area contributed by atoms with Crippen LogP contribution in [0.2, 0.25) is 0 Å². The van der Waals surface area contributed by atoms with E-state index >= 15 is 0 Å². The minimum absolute atomic E-state index is 0.0385. The molecule has 0 aromatic rings. The van der Waals surface area contributed by atoms with Gasteiger partial charge in [0, 0.05) is 13.1 Å². The van der Waals surface area contributed by atoms with Gasteiger partial charge in [-0.25, -0.2) is 4.79 Å². The summed E-state index contributed by atoms with van der Waals surface area (Å²) in [6.45, 7) is -2.05. The number of ether oxygens (including phenoxy) is 1. The summed E-state index contributed by atoms with van der Waals surface area (Å²) < 4.78 is 66.4. The Morgan fingerprint density at radius 1 is 1.25 bits per heavy atom. The van der Waals surface area contributed by atoms with Crippen LogP contribution in [-0.4, -0.2) is 72.6 Å². The summed E-state index contributed by atoms with van der Waals surface area (Å²) in [7, 11) is 0. The lowest BCUT2D eigenvalue weighted by Gasteiger charge is -2.34. The minimum atomic E-state index is -4.17. The van der Waals surface area contributed by atoms with E-state index in [2.05, 4.69) is 4.74 Å². The van der Waals surface area contributed by atoms with Crippen molar-refractivity contribution < 1.29 is 36.6 Å². The number of alkyl halides is 5. The summed E-state index contributed by atoms with van der Waals surface area (Å²) in [5.74, 6) is -1.37. The number of carbonyl (C=O) groups is 1. The molecule has 24 heavy (non-hydrogen) atoms. The van der Waals surface area contributed by atoms with Crippen molar-refractivity contribution in [3.05, 3.63) is 0 Å². The molecule has 0 saturated carbocycles. The van der Waals surface area contributed by atoms with Gasteiger partial charge in [0.15, 0.2) is 0 Å². The summed E-state index contributed by atoms with van der Waals surface area (Å²) in [5, 5.41) is 9.14. The first-order valence-electron chi connectivity index (χ1n) is 7.85. The lowest BCUT2D eigenvalue weighted by atomic mass is 9.95. The van der Waals surface area contributed by atoms with Crippen LogP contribution in [-0.2, 0) is 4.74 Å². The molecule has 1 amide bonds. The fraction of sp³-hybridized carbons (Fsp3) is 0.929. The summed E-state index contributed by atoms with van der Waals surface area (Å²) in [6.07, 6.45) is -4.92. The number of rotatable bonds is 5. The number of likely N-dealkylation sites (tertiary alicyclic amines) is 2. The van der Waals surface area contributed by atoms with Crippen LogP contribution in [0.5, 0.6) is 0 Å². The Hall–Kier alpha value is -1.16. The second-order valence-electron chi connectivity index (χ2n) is 6.40. The van der Waals surface area contributed by atoms with E-state index in [-0.39, 0.29) is 31.9 Å². The fourth-order valence-electron chi connectivity index (χ4n) is 3.53. The maximum absolute atomic E-state index is 12.6. The topological polar surface area (TPSA) is 53.0 Å². The van der Waals surface area contributed by atoms with Gasteiger partial charge in [-0.15, -0.1) is 0 Å². The Bertz CT molecular complexity index is 427. The number of halogens is 5. The molecule has 2 rings (SSSR count). The number of piperidine rings is 1. The lowest BCUT2D eigenvalue weighted by Crippen LogP contribution is -2.41. The van der Waals surface area contributed by atoms with Gasteiger partial charge in [-0.3, -0.25) is 0 Å². The molecule has 0 radical (unpaired) electrons. The summed E-state index contributed by atoms with van der Waals surface area (Å²) in [6, 6.07) is -0.644. The SMILES string of the molecule is O=C(O)N1C[C@@H](CN2CCC(C(F)(F)F)CC2)C[C@H]1COC(F)F. The van der Waals surface area contributed by atoms with Crippen LogP contribution in [0.3, 0.4) is 0 Å². The molecule has 2 fully saturated rings. The molecule has 0 aromatic heterocycles. The van der Waals surface area contributed by atoms with Crippen LogP contribution >= 0.6 is 0 Å². The third kappa shape index (κ3) is 5.17. The molecular formula is C14H21F5N2O3. The second kappa shape index (κ2) is 7.81. The maximum atomic E-state index is 12.6. The average molecular weight is 360 g/mol. The predicted octanol–water partition coefficient (Wildman–Crippen LogP) is 2.87. The quantitative estimate of drug-likeness (QED) is 0.766. The third-order valence-corrected chi connectivity index (χ3v) is 4.73. The normalized spacial score (nSPS) is 27.2. The highest BCUT2D eigenvalue weighted by Gasteiger charge is 2.42. The highest BCUT2D eigenvalue weighted by molar-refractivity contribution is 5.65. The summed E-state index contributed by atoms with van der Waals surface area (Å²) >= 11 is 0. The van der Waals surface area contributed by atoms with Crippen molar-refractivity contribution in [2.45, 2.75) is 38.1 Å². The Kier molecular flexibility index (Phi) is 6.24. The summed E-state index contributed by atoms with van der Waals surface area (Å²) in [5.41, 5.74) is 0. The molecule has 2 atom stereocenters. The zero-order valence-electron chi connectivity index (χ0n) is 13.0. The Morgan fingerprint density at radius 2 is 1.88 bits per heavy atom. The first-order valence-corrected chi connectivity index (χ1v) is 7.85. The van der Waals surface area contributed by atoms with Crippen LogP contribution in [0.4, 0.5) is 26.7 Å². The van der Waals surface area contributed by atoms with Gasteiger partial charge in [-0.1, -0.05) is 0 Å². The molecule has 0 unspecified atom stereocenters. The largest absolute Gasteiger partial charge is 0.465 e. The molecule has 1 N–H and O–H groups in total. The highest BCUT2D eigenvalue weighted by Crippen LogP contribution is 2.35. The first kappa shape index (κ1) is 19.2. The smallest absolute Gasteiger partial charge is 0.407 e. The molecule has 2 aliphatic heterocycles. The minimum Gasteiger partial charge on any atom is -0.465 e. The number of hydrogen-bond acceptors (Lipinski definition) is 3. The van der Waals surface area contributed by atoms with Gasteiger partial charge in [0.1, 0.15) is 0 Å². The van der Waals surface area contributed by atoms with Crippen molar-refractivity contribution in [1.29, 1.82) is 0 Å². The van der Waals surface area contributed by atoms with Crippen LogP contribution in [0.15, 0.2) is 0 Å². The van der Waals surface area contributed by atoms with E-state index in [1.807, 2.05) is 4.90 Å². The molecule has 0 aromatic carbocycles. The van der Waals surface area contributed by atoms with Crippen LogP contribution in [0.1, 0.15) is 19.3 Å². The van der Waals surface area contributed by atoms with Gasteiger partial charge in [-0.05, 0) is 38.3 Å². The third-order valence-electron chi connectivity index (χ3n) is 4.73. The number of nitrogens with zero attached hydrogens (tertiary/aromatic N) is 2. The lowest BCUT2D eigenvalue weighted by molar-refractivity contribution is -0.185. The van der Waals surface area contributed by atoms with Gasteiger partial charge >= 0.3 is 18.9 Å². The average Bonchev–Trinajstić information content (AvgIpc) is 2.88. The molecule has 0 aliphatic carbocycles. The van der Waals surface area contributed by atoms with E-state index in [0.29, 0.717) is 26.1 Å². The van der Waals surface area contributed by atoms with Crippen LogP contribution < -0.4 is 0 Å². The summed E-state index contributed by atoms with van der Waals surface area (Å²) in [4.78, 5) is 14.2. The molecular weight excluding hydrogens is 339 g/mol. The van der Waals surface area contributed by atoms with Crippen molar-refractivity contribution in [3.63, 3.8) is 0 Å². The predicted molar refractivity (Wildman–Crippen MR) is 73.8 cm³/mol. The molecule has 0 spiro atoms. The van der Waals surface area contributed by atoms with Crippen molar-refractivity contribution in [2.24, 2.45) is 11.8 Å². The number of hydrogen-bond donors (Lipinski definition) is 1. The van der Waals surface area contributed by atoms with E-state index in [1.54, 1.807) is 0 Å². The van der Waals surface area contributed by atoms with Crippen molar-refractivity contribution in [1.82, 2.24) is 9.80 Å². The van der Waals surface area contributed by atoms with Gasteiger partial charge in [0.25, 0.3) is 0 Å². The van der Waals surface area contributed by atoms with Gasteiger partial charge < -0.3 is 19.6 Å². The van der Waals surface area contributed by atoms with Crippen LogP contribution in [0, 0.1) is 11.8 Å². The van der Waals surface area contributed by atoms with Crippen molar-refractivity contribution >= 4 is 6.09 Å². The number of amides is 1. The van der Waals surface area contributed by atoms with E-state index < -0.39 is 30.8 Å². The van der Waals surface area contributed by atoms with E-state index in [9.17, 15) is 26.7 Å². The monoisotopic (exact) mass is 360 g/mol. The molecule has 2 saturated heterocycles. The standard InChI is InChI=1S/C14H21F5N2O3/c15-12(16)24-8-11-5-9(7-21(11)13(22)23)6-20-3-1-10(2-4-20)14(17,18)19/h9-12H,1-8H2,(H,22,23)/t9-,11+/m1/s1. The second-order valence-corrected chi connectivity index (χ2v) is 6.40. The van der Waals surface area contributed by atoms with Gasteiger partial charge in [0.2, 0.25) is 0 Å². The van der Waals surface area contributed by atoms with Gasteiger partial charge in [-0.2, -0.15) is 22.0 Å². The van der Waals surface area contributed by atoms with E-state index in [1.165, 1.54) is 0 Å². The molecule has 10 heteroatoms. The van der Waals surface area contributed by atoms with E-state index in [0.717, 1.165) is 4.90 Å². The zero-order chi connectivity index (χ0) is 17.9. The molecule has 0 bridgehead atoms. The number of carboxylic acid groups (broad SMARTS) is 1. The fourth-order valence-corrected chi connectivity index (χ4v) is 3.53. The van der Waals surface area contributed by atoms with Crippen LogP contribution in [0.25, 0.3) is 0 Å². The molecule has 2 aliphatic rings. The molecule has 140 valence electrons. The Morgan fingerprint density at radius 3 is 2.38 bits per heavy atom. The maximum Gasteiger partial charge on any atom is 0.407 e. The van der Waals surface area contributed by atoms with Gasteiger partial charge in [0.05, 0.1) is 18.6 Å². The van der Waals surface area contributed by atoms with Crippen molar-refractivity contribution in [2.75, 3.05) is 32.8 Å². The highest BCUT2D eigenvalue weighted by atomic mass is 19.4. The zero-order valence-corrected chi connectivity index (χ0v) is 13.0. The van der Waals surface area contributed by atoms with E-state index in [4.69, 9.17) is 5.11 Å². The first-order chi connectivity index (χ1) is 11.2. The Labute approximate surface area is 136 Å². The van der Waals surface area contributed by atoms with Crippen molar-refractivity contribution in [3.8, 4) is 0 Å². The molecule has 5 nitrogen and oxygen atoms in total. The Balaban J connectivity index is 1.82. The molecule has 2 heterocycles.